The summed E-state index contributed by atoms with van der Waals surface area (Å²) in [7, 11) is 1.17. The molecular formula is C26H20F2N4O4. The standard InChI is InChI=1S/C26H20F2N4O4/c1-34-26(33)19-12-17(29)8-9-22(19)36-25-21(28)13-20(27)24(32-25)35-18-7-3-5-15(11-18)14-4-2-6-16(10-14)23(30)31/h2-13H,29H2,1H3,(H3,30,31). The van der Waals surface area contributed by atoms with E-state index in [0.29, 0.717) is 17.2 Å². The van der Waals surface area contributed by atoms with E-state index in [1.165, 1.54) is 25.3 Å². The molecule has 0 aliphatic rings. The maximum atomic E-state index is 14.5. The van der Waals surface area contributed by atoms with E-state index in [1.54, 1.807) is 42.5 Å². The van der Waals surface area contributed by atoms with Gasteiger partial charge in [-0.25, -0.2) is 13.6 Å². The van der Waals surface area contributed by atoms with Crippen molar-refractivity contribution in [3.63, 3.8) is 0 Å². The Morgan fingerprint density at radius 3 is 2.25 bits per heavy atom. The molecule has 0 spiro atoms. The molecule has 4 aromatic rings. The van der Waals surface area contributed by atoms with Gasteiger partial charge in [0.2, 0.25) is 0 Å². The van der Waals surface area contributed by atoms with Crippen molar-refractivity contribution >= 4 is 17.5 Å². The minimum atomic E-state index is -1.11. The average molecular weight is 490 g/mol. The van der Waals surface area contributed by atoms with Gasteiger partial charge in [-0.15, -0.1) is 0 Å². The third kappa shape index (κ3) is 5.22. The molecule has 0 atom stereocenters. The van der Waals surface area contributed by atoms with Gasteiger partial charge in [-0.2, -0.15) is 4.98 Å². The zero-order chi connectivity index (χ0) is 25.8. The monoisotopic (exact) mass is 490 g/mol. The molecule has 0 amide bonds. The molecule has 0 unspecified atom stereocenters. The summed E-state index contributed by atoms with van der Waals surface area (Å²) in [6, 6.07) is 18.3. The first-order chi connectivity index (χ1) is 17.2. The van der Waals surface area contributed by atoms with Gasteiger partial charge in [-0.3, -0.25) is 5.41 Å². The molecule has 10 heteroatoms. The summed E-state index contributed by atoms with van der Waals surface area (Å²) < 4.78 is 44.8. The molecular weight excluding hydrogens is 470 g/mol. The molecule has 0 saturated carbocycles. The summed E-state index contributed by atoms with van der Waals surface area (Å²) in [6.45, 7) is 0. The van der Waals surface area contributed by atoms with Crippen LogP contribution in [0.2, 0.25) is 0 Å². The first-order valence-corrected chi connectivity index (χ1v) is 10.5. The van der Waals surface area contributed by atoms with Crippen molar-refractivity contribution < 1.29 is 27.8 Å². The fourth-order valence-electron chi connectivity index (χ4n) is 3.30. The number of hydrogen-bond donors (Lipinski definition) is 3. The molecule has 1 heterocycles. The topological polar surface area (TPSA) is 134 Å². The quantitative estimate of drug-likeness (QED) is 0.139. The highest BCUT2D eigenvalue weighted by molar-refractivity contribution is 5.96. The van der Waals surface area contributed by atoms with Gasteiger partial charge >= 0.3 is 5.97 Å². The molecule has 0 saturated heterocycles. The van der Waals surface area contributed by atoms with Crippen LogP contribution in [0.15, 0.2) is 72.8 Å². The molecule has 0 aliphatic carbocycles. The summed E-state index contributed by atoms with van der Waals surface area (Å²) in [4.78, 5) is 15.9. The number of rotatable bonds is 7. The van der Waals surface area contributed by atoms with Crippen LogP contribution in [0.5, 0.6) is 23.3 Å². The predicted molar refractivity (Wildman–Crippen MR) is 129 cm³/mol. The van der Waals surface area contributed by atoms with E-state index in [0.717, 1.165) is 5.56 Å². The van der Waals surface area contributed by atoms with Crippen molar-refractivity contribution in [1.82, 2.24) is 4.98 Å². The molecule has 1 aromatic heterocycles. The van der Waals surface area contributed by atoms with Crippen molar-refractivity contribution in [3.05, 3.63) is 95.6 Å². The van der Waals surface area contributed by atoms with E-state index in [4.69, 9.17) is 31.1 Å². The molecule has 182 valence electrons. The van der Waals surface area contributed by atoms with Gasteiger partial charge in [0, 0.05) is 17.3 Å². The van der Waals surface area contributed by atoms with E-state index < -0.39 is 29.4 Å². The predicted octanol–water partition coefficient (Wildman–Crippen LogP) is 5.26. The lowest BCUT2D eigenvalue weighted by Gasteiger charge is -2.13. The van der Waals surface area contributed by atoms with Crippen LogP contribution in [0.4, 0.5) is 14.5 Å². The number of esters is 1. The fourth-order valence-corrected chi connectivity index (χ4v) is 3.30. The van der Waals surface area contributed by atoms with Crippen LogP contribution in [-0.2, 0) is 4.74 Å². The molecule has 36 heavy (non-hydrogen) atoms. The number of nitrogens with zero attached hydrogens (tertiary/aromatic N) is 1. The van der Waals surface area contributed by atoms with Gasteiger partial charge in [-0.1, -0.05) is 30.3 Å². The summed E-state index contributed by atoms with van der Waals surface area (Å²) in [5.74, 6) is -4.05. The second-order valence-corrected chi connectivity index (χ2v) is 7.54. The summed E-state index contributed by atoms with van der Waals surface area (Å²) in [6.07, 6.45) is 0. The number of carbonyl (C=O) groups excluding carboxylic acids is 1. The van der Waals surface area contributed by atoms with Crippen LogP contribution in [0.3, 0.4) is 0 Å². The van der Waals surface area contributed by atoms with E-state index in [2.05, 4.69) is 4.98 Å². The zero-order valence-corrected chi connectivity index (χ0v) is 18.9. The van der Waals surface area contributed by atoms with Crippen molar-refractivity contribution in [2.75, 3.05) is 12.8 Å². The lowest BCUT2D eigenvalue weighted by Crippen LogP contribution is -2.10. The Balaban J connectivity index is 1.65. The highest BCUT2D eigenvalue weighted by Crippen LogP contribution is 2.33. The number of amidine groups is 1. The smallest absolute Gasteiger partial charge is 0.341 e. The van der Waals surface area contributed by atoms with Crippen LogP contribution >= 0.6 is 0 Å². The number of nitrogens with two attached hydrogens (primary N) is 2. The first-order valence-electron chi connectivity index (χ1n) is 10.5. The molecule has 3 aromatic carbocycles. The minimum absolute atomic E-state index is 0.0639. The Morgan fingerprint density at radius 1 is 0.889 bits per heavy atom. The minimum Gasteiger partial charge on any atom is -0.465 e. The van der Waals surface area contributed by atoms with E-state index in [9.17, 15) is 13.6 Å². The average Bonchev–Trinajstić information content (AvgIpc) is 2.87. The second kappa shape index (κ2) is 10.1. The number of ether oxygens (including phenoxy) is 3. The highest BCUT2D eigenvalue weighted by Gasteiger charge is 2.20. The number of nitrogens with one attached hydrogen (secondary N) is 1. The highest BCUT2D eigenvalue weighted by atomic mass is 19.1. The Labute approximate surface area is 204 Å². The van der Waals surface area contributed by atoms with Gasteiger partial charge in [0.25, 0.3) is 11.8 Å². The number of benzene rings is 3. The van der Waals surface area contributed by atoms with Gasteiger partial charge in [0.15, 0.2) is 11.6 Å². The Bertz CT molecular complexity index is 1480. The number of hydrogen-bond acceptors (Lipinski definition) is 7. The number of nitrogen functional groups attached to an aromatic ring is 2. The van der Waals surface area contributed by atoms with Crippen LogP contribution in [0.1, 0.15) is 15.9 Å². The summed E-state index contributed by atoms with van der Waals surface area (Å²) in [5.41, 5.74) is 13.5. The molecule has 0 bridgehead atoms. The third-order valence-corrected chi connectivity index (χ3v) is 5.04. The molecule has 0 aliphatic heterocycles. The van der Waals surface area contributed by atoms with Crippen molar-refractivity contribution in [2.45, 2.75) is 0 Å². The van der Waals surface area contributed by atoms with E-state index >= 15 is 0 Å². The lowest BCUT2D eigenvalue weighted by molar-refractivity contribution is 0.0597. The van der Waals surface area contributed by atoms with E-state index in [1.807, 2.05) is 6.07 Å². The van der Waals surface area contributed by atoms with Crippen molar-refractivity contribution in [3.8, 4) is 34.4 Å². The van der Waals surface area contributed by atoms with Crippen LogP contribution in [-0.4, -0.2) is 23.9 Å². The third-order valence-electron chi connectivity index (χ3n) is 5.04. The molecule has 0 radical (unpaired) electrons. The van der Waals surface area contributed by atoms with Crippen molar-refractivity contribution in [1.29, 1.82) is 5.41 Å². The number of carbonyl (C=O) groups is 1. The number of pyridine rings is 1. The summed E-state index contributed by atoms with van der Waals surface area (Å²) >= 11 is 0. The number of methoxy groups -OCH3 is 1. The SMILES string of the molecule is COC(=O)c1cc(N)ccc1Oc1nc(Oc2cccc(-c3cccc(C(=N)N)c3)c2)c(F)cc1F. The second-order valence-electron chi connectivity index (χ2n) is 7.54. The van der Waals surface area contributed by atoms with E-state index in [-0.39, 0.29) is 28.6 Å². The molecule has 4 rings (SSSR count). The normalized spacial score (nSPS) is 10.5. The maximum Gasteiger partial charge on any atom is 0.341 e. The number of anilines is 1. The lowest BCUT2D eigenvalue weighted by atomic mass is 10.0. The van der Waals surface area contributed by atoms with Gasteiger partial charge in [0.05, 0.1) is 7.11 Å². The summed E-state index contributed by atoms with van der Waals surface area (Å²) in [5, 5.41) is 7.61. The van der Waals surface area contributed by atoms with Gasteiger partial charge < -0.3 is 25.7 Å². The van der Waals surface area contributed by atoms with Gasteiger partial charge in [-0.05, 0) is 47.5 Å². The first kappa shape index (κ1) is 24.1. The number of halogens is 2. The van der Waals surface area contributed by atoms with Crippen LogP contribution in [0, 0.1) is 17.0 Å². The largest absolute Gasteiger partial charge is 0.465 e. The fraction of sp³-hybridized carbons (Fsp3) is 0.0385. The Hall–Kier alpha value is -4.99. The molecule has 0 fully saturated rings. The zero-order valence-electron chi connectivity index (χ0n) is 18.9. The molecule has 8 nitrogen and oxygen atoms in total. The van der Waals surface area contributed by atoms with Crippen LogP contribution < -0.4 is 20.9 Å². The maximum absolute atomic E-state index is 14.5. The Kier molecular flexibility index (Phi) is 6.77. The molecule has 5 N–H and O–H groups in total. The van der Waals surface area contributed by atoms with Crippen LogP contribution in [0.25, 0.3) is 11.1 Å². The van der Waals surface area contributed by atoms with Crippen molar-refractivity contribution in [2.24, 2.45) is 5.73 Å². The Morgan fingerprint density at radius 2 is 1.56 bits per heavy atom. The number of aromatic nitrogens is 1. The van der Waals surface area contributed by atoms with Gasteiger partial charge in [0.1, 0.15) is 22.9 Å².